The number of amides is 1. The zero-order valence-electron chi connectivity index (χ0n) is 13.8. The molecule has 128 valence electrons. The van der Waals surface area contributed by atoms with E-state index in [4.69, 9.17) is 17.0 Å². The fourth-order valence-corrected chi connectivity index (χ4v) is 4.20. The van der Waals surface area contributed by atoms with E-state index in [9.17, 15) is 4.79 Å². The van der Waals surface area contributed by atoms with E-state index >= 15 is 0 Å². The van der Waals surface area contributed by atoms with Crippen molar-refractivity contribution in [3.8, 4) is 0 Å². The largest absolute Gasteiger partial charge is 0.373 e. The summed E-state index contributed by atoms with van der Waals surface area (Å²) in [5.74, 6) is 0.185. The molecule has 6 heteroatoms. The standard InChI is InChI=1S/C18H22N2O2S2/c1-13-16(24-18(23)19-13)11-17(21)20-9-7-15(8-10-20)22-12-14-5-3-2-4-6-14/h2-6,15H,7-12H2,1H3,(H,19,23). The molecule has 2 aromatic rings. The molecule has 1 aromatic heterocycles. The van der Waals surface area contributed by atoms with Crippen molar-refractivity contribution < 1.29 is 9.53 Å². The second-order valence-electron chi connectivity index (χ2n) is 6.12. The number of aromatic nitrogens is 1. The quantitative estimate of drug-likeness (QED) is 0.822. The summed E-state index contributed by atoms with van der Waals surface area (Å²) < 4.78 is 6.72. The fourth-order valence-electron chi connectivity index (χ4n) is 2.91. The van der Waals surface area contributed by atoms with Crippen molar-refractivity contribution in [1.82, 2.24) is 9.88 Å². The van der Waals surface area contributed by atoms with Crippen LogP contribution in [0, 0.1) is 10.9 Å². The number of aryl methyl sites for hydroxylation is 1. The number of likely N-dealkylation sites (tertiary alicyclic amines) is 1. The van der Waals surface area contributed by atoms with Gasteiger partial charge in [0.1, 0.15) is 0 Å². The topological polar surface area (TPSA) is 45.3 Å². The smallest absolute Gasteiger partial charge is 0.227 e. The molecule has 0 radical (unpaired) electrons. The van der Waals surface area contributed by atoms with Gasteiger partial charge in [-0.25, -0.2) is 0 Å². The molecule has 0 saturated carbocycles. The van der Waals surface area contributed by atoms with Crippen LogP contribution in [0.25, 0.3) is 0 Å². The van der Waals surface area contributed by atoms with Crippen molar-refractivity contribution in [2.75, 3.05) is 13.1 Å². The van der Waals surface area contributed by atoms with Crippen LogP contribution in [0.5, 0.6) is 0 Å². The molecule has 0 bridgehead atoms. The molecule has 0 unspecified atom stereocenters. The third kappa shape index (κ3) is 4.53. The van der Waals surface area contributed by atoms with Crippen LogP contribution in [0.2, 0.25) is 0 Å². The number of carbonyl (C=O) groups is 1. The van der Waals surface area contributed by atoms with Gasteiger partial charge in [0, 0.05) is 23.7 Å². The minimum atomic E-state index is 0.185. The minimum Gasteiger partial charge on any atom is -0.373 e. The molecule has 0 aliphatic carbocycles. The molecule has 3 rings (SSSR count). The maximum Gasteiger partial charge on any atom is 0.227 e. The molecule has 1 amide bonds. The molecule has 24 heavy (non-hydrogen) atoms. The lowest BCUT2D eigenvalue weighted by Crippen LogP contribution is -2.41. The Balaban J connectivity index is 1.45. The molecule has 1 fully saturated rings. The summed E-state index contributed by atoms with van der Waals surface area (Å²) >= 11 is 6.64. The summed E-state index contributed by atoms with van der Waals surface area (Å²) in [6.07, 6.45) is 2.49. The number of thiazole rings is 1. The molecule has 1 aromatic carbocycles. The lowest BCUT2D eigenvalue weighted by Gasteiger charge is -2.32. The lowest BCUT2D eigenvalue weighted by molar-refractivity contribution is -0.133. The van der Waals surface area contributed by atoms with Crippen LogP contribution in [-0.4, -0.2) is 35.0 Å². The Morgan fingerprint density at radius 1 is 1.33 bits per heavy atom. The Morgan fingerprint density at radius 2 is 2.04 bits per heavy atom. The third-order valence-corrected chi connectivity index (χ3v) is 5.70. The molecule has 1 aliphatic heterocycles. The average Bonchev–Trinajstić information content (AvgIpc) is 2.91. The predicted molar refractivity (Wildman–Crippen MR) is 98.8 cm³/mol. The molecule has 0 spiro atoms. The number of piperidine rings is 1. The zero-order valence-corrected chi connectivity index (χ0v) is 15.4. The second kappa shape index (κ2) is 8.05. The highest BCUT2D eigenvalue weighted by Crippen LogP contribution is 2.19. The first-order chi connectivity index (χ1) is 11.6. The predicted octanol–water partition coefficient (Wildman–Crippen LogP) is 3.86. The van der Waals surface area contributed by atoms with Crippen LogP contribution < -0.4 is 0 Å². The number of ether oxygens (including phenoxy) is 1. The first-order valence-corrected chi connectivity index (χ1v) is 9.46. The highest BCUT2D eigenvalue weighted by Gasteiger charge is 2.24. The van der Waals surface area contributed by atoms with Crippen LogP contribution in [0.1, 0.15) is 29.0 Å². The number of H-pyrrole nitrogens is 1. The summed E-state index contributed by atoms with van der Waals surface area (Å²) in [5, 5.41) is 0. The van der Waals surface area contributed by atoms with E-state index in [1.165, 1.54) is 16.9 Å². The third-order valence-electron chi connectivity index (χ3n) is 4.36. The summed E-state index contributed by atoms with van der Waals surface area (Å²) in [7, 11) is 0. The van der Waals surface area contributed by atoms with Gasteiger partial charge in [-0.1, -0.05) is 30.3 Å². The average molecular weight is 363 g/mol. The van der Waals surface area contributed by atoms with Crippen LogP contribution in [0.4, 0.5) is 0 Å². The molecular formula is C18H22N2O2S2. The van der Waals surface area contributed by atoms with Gasteiger partial charge in [-0.15, -0.1) is 11.3 Å². The second-order valence-corrected chi connectivity index (χ2v) is 7.89. The maximum absolute atomic E-state index is 12.5. The summed E-state index contributed by atoms with van der Waals surface area (Å²) in [6.45, 7) is 4.16. The number of hydrogen-bond donors (Lipinski definition) is 1. The van der Waals surface area contributed by atoms with E-state index in [0.717, 1.165) is 40.5 Å². The van der Waals surface area contributed by atoms with Gasteiger partial charge in [0.25, 0.3) is 0 Å². The van der Waals surface area contributed by atoms with E-state index in [2.05, 4.69) is 17.1 Å². The Bertz CT molecular complexity index is 731. The Labute approximate surface area is 151 Å². The summed E-state index contributed by atoms with van der Waals surface area (Å²) in [4.78, 5) is 18.6. The van der Waals surface area contributed by atoms with Crippen LogP contribution in [-0.2, 0) is 22.6 Å². The Morgan fingerprint density at radius 3 is 2.67 bits per heavy atom. The Hall–Kier alpha value is -1.50. The van der Waals surface area contributed by atoms with Gasteiger partial charge in [-0.05, 0) is 37.5 Å². The van der Waals surface area contributed by atoms with Crippen molar-refractivity contribution in [3.63, 3.8) is 0 Å². The van der Waals surface area contributed by atoms with Crippen molar-refractivity contribution in [2.45, 2.75) is 38.9 Å². The monoisotopic (exact) mass is 362 g/mol. The number of rotatable bonds is 5. The van der Waals surface area contributed by atoms with Gasteiger partial charge < -0.3 is 14.6 Å². The van der Waals surface area contributed by atoms with Gasteiger partial charge in [-0.3, -0.25) is 4.79 Å². The summed E-state index contributed by atoms with van der Waals surface area (Å²) in [6, 6.07) is 10.2. The van der Waals surface area contributed by atoms with Crippen molar-refractivity contribution in [1.29, 1.82) is 0 Å². The first-order valence-electron chi connectivity index (χ1n) is 8.23. The van der Waals surface area contributed by atoms with Crippen molar-refractivity contribution in [2.24, 2.45) is 0 Å². The highest BCUT2D eigenvalue weighted by atomic mass is 32.1. The molecule has 4 nitrogen and oxygen atoms in total. The van der Waals surface area contributed by atoms with Gasteiger partial charge in [0.2, 0.25) is 5.91 Å². The van der Waals surface area contributed by atoms with Crippen LogP contribution in [0.15, 0.2) is 30.3 Å². The van der Waals surface area contributed by atoms with E-state index < -0.39 is 0 Å². The number of nitrogens with zero attached hydrogens (tertiary/aromatic N) is 1. The van der Waals surface area contributed by atoms with Gasteiger partial charge >= 0.3 is 0 Å². The van der Waals surface area contributed by atoms with E-state index in [-0.39, 0.29) is 12.0 Å². The first kappa shape index (κ1) is 17.3. The van der Waals surface area contributed by atoms with Crippen LogP contribution >= 0.6 is 23.6 Å². The highest BCUT2D eigenvalue weighted by molar-refractivity contribution is 7.73. The van der Waals surface area contributed by atoms with Crippen LogP contribution in [0.3, 0.4) is 0 Å². The van der Waals surface area contributed by atoms with Crippen molar-refractivity contribution in [3.05, 3.63) is 50.4 Å². The zero-order chi connectivity index (χ0) is 16.9. The van der Waals surface area contributed by atoms with E-state index in [1.807, 2.05) is 30.0 Å². The SMILES string of the molecule is Cc1[nH]c(=S)sc1CC(=O)N1CCC(OCc2ccccc2)CC1. The number of carbonyl (C=O) groups excluding carboxylic acids is 1. The molecular weight excluding hydrogens is 340 g/mol. The molecule has 0 atom stereocenters. The van der Waals surface area contributed by atoms with E-state index in [1.54, 1.807) is 0 Å². The van der Waals surface area contributed by atoms with Gasteiger partial charge in [0.05, 0.1) is 19.1 Å². The normalized spacial score (nSPS) is 15.6. The number of benzene rings is 1. The van der Waals surface area contributed by atoms with Crippen molar-refractivity contribution >= 4 is 29.5 Å². The minimum absolute atomic E-state index is 0.185. The van der Waals surface area contributed by atoms with Gasteiger partial charge in [0.15, 0.2) is 3.95 Å². The maximum atomic E-state index is 12.5. The molecule has 1 aliphatic rings. The molecule has 1 N–H and O–H groups in total. The van der Waals surface area contributed by atoms with Gasteiger partial charge in [-0.2, -0.15) is 0 Å². The van der Waals surface area contributed by atoms with E-state index in [0.29, 0.717) is 13.0 Å². The molecule has 1 saturated heterocycles. The number of aromatic amines is 1. The fraction of sp³-hybridized carbons (Fsp3) is 0.444. The lowest BCUT2D eigenvalue weighted by atomic mass is 10.1. The Kier molecular flexibility index (Phi) is 5.81. The molecule has 2 heterocycles. The number of hydrogen-bond acceptors (Lipinski definition) is 4. The number of nitrogens with one attached hydrogen (secondary N) is 1. The summed E-state index contributed by atoms with van der Waals surface area (Å²) in [5.41, 5.74) is 2.21.